The van der Waals surface area contributed by atoms with Crippen molar-refractivity contribution >= 4 is 23.1 Å². The van der Waals surface area contributed by atoms with Gasteiger partial charge in [0.15, 0.2) is 0 Å². The molecule has 0 aromatic carbocycles. The van der Waals surface area contributed by atoms with Gasteiger partial charge in [0.2, 0.25) is 0 Å². The molecular formula is C8H15FMgO. The SMILES string of the molecule is CC(C)C1([O-])CCCC1.[F-].[Mg+2]. The van der Waals surface area contributed by atoms with E-state index >= 15 is 0 Å². The second-order valence-corrected chi connectivity index (χ2v) is 3.43. The van der Waals surface area contributed by atoms with E-state index in [0.29, 0.717) is 5.92 Å². The first-order valence-electron chi connectivity index (χ1n) is 3.85. The first-order valence-corrected chi connectivity index (χ1v) is 3.85. The number of rotatable bonds is 1. The molecule has 0 saturated heterocycles. The standard InChI is InChI=1S/C8H15O.FH.Mg/c1-7(2)8(9)5-3-4-6-8;;/h7H,3-6H2,1-2H3;1H;/q-1;;+2/p-1. The normalized spacial score (nSPS) is 20.7. The molecule has 11 heavy (non-hydrogen) atoms. The van der Waals surface area contributed by atoms with Crippen LogP contribution in [0.1, 0.15) is 39.5 Å². The van der Waals surface area contributed by atoms with E-state index in [0.717, 1.165) is 25.7 Å². The van der Waals surface area contributed by atoms with Crippen molar-refractivity contribution in [3.8, 4) is 0 Å². The van der Waals surface area contributed by atoms with Crippen molar-refractivity contribution in [1.29, 1.82) is 0 Å². The van der Waals surface area contributed by atoms with Gasteiger partial charge in [0.25, 0.3) is 0 Å². The van der Waals surface area contributed by atoms with Crippen LogP contribution in [-0.2, 0) is 0 Å². The Bertz CT molecular complexity index is 100. The second-order valence-electron chi connectivity index (χ2n) is 3.43. The van der Waals surface area contributed by atoms with E-state index in [1.165, 1.54) is 0 Å². The zero-order valence-corrected chi connectivity index (χ0v) is 8.81. The van der Waals surface area contributed by atoms with Gasteiger partial charge in [-0.3, -0.25) is 0 Å². The van der Waals surface area contributed by atoms with E-state index in [4.69, 9.17) is 0 Å². The minimum atomic E-state index is -0.556. The van der Waals surface area contributed by atoms with Crippen LogP contribution in [0.3, 0.4) is 0 Å². The van der Waals surface area contributed by atoms with Gasteiger partial charge in [-0.25, -0.2) is 0 Å². The van der Waals surface area contributed by atoms with E-state index < -0.39 is 5.60 Å². The fourth-order valence-electron chi connectivity index (χ4n) is 1.55. The van der Waals surface area contributed by atoms with Crippen LogP contribution >= 0.6 is 0 Å². The van der Waals surface area contributed by atoms with Crippen molar-refractivity contribution in [3.05, 3.63) is 0 Å². The van der Waals surface area contributed by atoms with Crippen LogP contribution in [0.4, 0.5) is 0 Å². The molecule has 1 nitrogen and oxygen atoms in total. The molecule has 1 aliphatic rings. The second kappa shape index (κ2) is 5.33. The molecule has 62 valence electrons. The zero-order chi connectivity index (χ0) is 6.91. The van der Waals surface area contributed by atoms with Crippen molar-refractivity contribution in [1.82, 2.24) is 0 Å². The summed E-state index contributed by atoms with van der Waals surface area (Å²) >= 11 is 0. The van der Waals surface area contributed by atoms with Gasteiger partial charge in [0.05, 0.1) is 0 Å². The molecule has 0 N–H and O–H groups in total. The van der Waals surface area contributed by atoms with Gasteiger partial charge in [-0.1, -0.05) is 45.4 Å². The fourth-order valence-corrected chi connectivity index (χ4v) is 1.55. The molecule has 0 spiro atoms. The maximum Gasteiger partial charge on any atom is 2.00 e. The Morgan fingerprint density at radius 3 is 1.73 bits per heavy atom. The van der Waals surface area contributed by atoms with Crippen LogP contribution in [0.2, 0.25) is 0 Å². The Labute approximate surface area is 84.1 Å². The average Bonchev–Trinajstić information content (AvgIpc) is 2.16. The summed E-state index contributed by atoms with van der Waals surface area (Å²) in [7, 11) is 0. The van der Waals surface area contributed by atoms with E-state index in [1.54, 1.807) is 0 Å². The van der Waals surface area contributed by atoms with Crippen molar-refractivity contribution in [2.24, 2.45) is 5.92 Å². The minimum absolute atomic E-state index is 0. The third kappa shape index (κ3) is 3.26. The molecule has 0 atom stereocenters. The molecule has 1 saturated carbocycles. The van der Waals surface area contributed by atoms with Gasteiger partial charge >= 0.3 is 23.1 Å². The smallest absolute Gasteiger partial charge is 1.00 e. The van der Waals surface area contributed by atoms with E-state index in [2.05, 4.69) is 0 Å². The largest absolute Gasteiger partial charge is 2.00 e. The topological polar surface area (TPSA) is 23.1 Å². The molecule has 0 heterocycles. The van der Waals surface area contributed by atoms with Gasteiger partial charge in [0.1, 0.15) is 0 Å². The van der Waals surface area contributed by atoms with Gasteiger partial charge in [-0.2, -0.15) is 0 Å². The van der Waals surface area contributed by atoms with Crippen LogP contribution in [0.5, 0.6) is 0 Å². The quantitative estimate of drug-likeness (QED) is 0.415. The Morgan fingerprint density at radius 2 is 1.55 bits per heavy atom. The molecule has 0 aromatic rings. The minimum Gasteiger partial charge on any atom is -1.00 e. The summed E-state index contributed by atoms with van der Waals surface area (Å²) in [5, 5.41) is 11.6. The monoisotopic (exact) mass is 170 g/mol. The molecule has 3 heteroatoms. The van der Waals surface area contributed by atoms with Gasteiger partial charge in [0, 0.05) is 0 Å². The predicted molar refractivity (Wildman–Crippen MR) is 41.8 cm³/mol. The summed E-state index contributed by atoms with van der Waals surface area (Å²) in [5.41, 5.74) is -0.556. The molecule has 1 aliphatic carbocycles. The predicted octanol–water partition coefficient (Wildman–Crippen LogP) is -2.06. The molecule has 0 aromatic heterocycles. The Kier molecular flexibility index (Phi) is 6.88. The van der Waals surface area contributed by atoms with E-state index in [9.17, 15) is 5.11 Å². The Morgan fingerprint density at radius 1 is 1.18 bits per heavy atom. The number of hydrogen-bond acceptors (Lipinski definition) is 1. The zero-order valence-electron chi connectivity index (χ0n) is 7.40. The van der Waals surface area contributed by atoms with Crippen molar-refractivity contribution in [2.45, 2.75) is 45.1 Å². The first kappa shape index (κ1) is 14.2. The first-order chi connectivity index (χ1) is 4.15. The summed E-state index contributed by atoms with van der Waals surface area (Å²) in [6.45, 7) is 4.08. The summed E-state index contributed by atoms with van der Waals surface area (Å²) in [4.78, 5) is 0. The third-order valence-corrected chi connectivity index (χ3v) is 2.50. The maximum atomic E-state index is 11.6. The fraction of sp³-hybridized carbons (Fsp3) is 1.00. The van der Waals surface area contributed by atoms with Crippen molar-refractivity contribution < 1.29 is 9.81 Å². The molecule has 0 amide bonds. The maximum absolute atomic E-state index is 11.6. The van der Waals surface area contributed by atoms with Crippen LogP contribution in [-0.4, -0.2) is 28.7 Å². The van der Waals surface area contributed by atoms with Gasteiger partial charge in [-0.15, -0.1) is 5.60 Å². The number of halogens is 1. The van der Waals surface area contributed by atoms with E-state index in [-0.39, 0.29) is 27.8 Å². The molecule has 0 aliphatic heterocycles. The summed E-state index contributed by atoms with van der Waals surface area (Å²) < 4.78 is 0. The van der Waals surface area contributed by atoms with Crippen LogP contribution < -0.4 is 9.81 Å². The average molecular weight is 171 g/mol. The van der Waals surface area contributed by atoms with Gasteiger partial charge in [-0.05, 0) is 0 Å². The Balaban J connectivity index is 0. The van der Waals surface area contributed by atoms with Crippen LogP contribution in [0, 0.1) is 5.92 Å². The summed E-state index contributed by atoms with van der Waals surface area (Å²) in [6.07, 6.45) is 4.12. The summed E-state index contributed by atoms with van der Waals surface area (Å²) in [6, 6.07) is 0. The number of hydrogen-bond donors (Lipinski definition) is 0. The third-order valence-electron chi connectivity index (χ3n) is 2.50. The van der Waals surface area contributed by atoms with Gasteiger partial charge < -0.3 is 9.81 Å². The molecule has 0 unspecified atom stereocenters. The van der Waals surface area contributed by atoms with Crippen LogP contribution in [0.25, 0.3) is 0 Å². The van der Waals surface area contributed by atoms with Crippen LogP contribution in [0.15, 0.2) is 0 Å². The molecular weight excluding hydrogens is 155 g/mol. The molecule has 0 radical (unpaired) electrons. The molecule has 1 fully saturated rings. The van der Waals surface area contributed by atoms with Crippen molar-refractivity contribution in [3.63, 3.8) is 0 Å². The molecule has 0 bridgehead atoms. The molecule has 1 rings (SSSR count). The van der Waals surface area contributed by atoms with E-state index in [1.807, 2.05) is 13.8 Å². The van der Waals surface area contributed by atoms with Crippen molar-refractivity contribution in [2.75, 3.05) is 0 Å². The Hall–Kier alpha value is 0.656. The summed E-state index contributed by atoms with van der Waals surface area (Å²) in [5.74, 6) is 0.333.